The van der Waals surface area contributed by atoms with Crippen molar-refractivity contribution < 1.29 is 4.79 Å². The Bertz CT molecular complexity index is 475. The SMILES string of the molecule is NC(=O)n1ccc2cc(Br)ccc21. The molecule has 0 atom stereocenters. The Morgan fingerprint density at radius 2 is 2.15 bits per heavy atom. The maximum Gasteiger partial charge on any atom is 0.323 e. The molecule has 3 nitrogen and oxygen atoms in total. The minimum atomic E-state index is -0.461. The topological polar surface area (TPSA) is 48.0 Å². The molecule has 0 spiro atoms. The summed E-state index contributed by atoms with van der Waals surface area (Å²) in [5, 5.41) is 0.994. The van der Waals surface area contributed by atoms with E-state index >= 15 is 0 Å². The molecule has 0 saturated heterocycles. The summed E-state index contributed by atoms with van der Waals surface area (Å²) in [6, 6.07) is 7.06. The van der Waals surface area contributed by atoms with Crippen LogP contribution < -0.4 is 5.73 Å². The smallest absolute Gasteiger partial charge is 0.323 e. The number of nitrogens with two attached hydrogens (primary N) is 1. The van der Waals surface area contributed by atoms with Gasteiger partial charge in [-0.15, -0.1) is 0 Å². The lowest BCUT2D eigenvalue weighted by molar-refractivity contribution is 0.251. The third kappa shape index (κ3) is 1.33. The number of hydrogen-bond donors (Lipinski definition) is 1. The summed E-state index contributed by atoms with van der Waals surface area (Å²) in [7, 11) is 0. The Hall–Kier alpha value is -1.29. The number of rotatable bonds is 0. The van der Waals surface area contributed by atoms with Gasteiger partial charge in [0.25, 0.3) is 0 Å². The van der Waals surface area contributed by atoms with E-state index in [9.17, 15) is 4.79 Å². The van der Waals surface area contributed by atoms with E-state index in [-0.39, 0.29) is 0 Å². The molecular weight excluding hydrogens is 232 g/mol. The lowest BCUT2D eigenvalue weighted by Crippen LogP contribution is -2.17. The van der Waals surface area contributed by atoms with Crippen LogP contribution in [0.3, 0.4) is 0 Å². The van der Waals surface area contributed by atoms with Crippen molar-refractivity contribution in [2.75, 3.05) is 0 Å². The molecule has 2 rings (SSSR count). The molecule has 2 N–H and O–H groups in total. The van der Waals surface area contributed by atoms with Crippen molar-refractivity contribution in [1.82, 2.24) is 4.57 Å². The number of benzene rings is 1. The second-order valence-electron chi connectivity index (χ2n) is 2.73. The molecule has 66 valence electrons. The number of aromatic nitrogens is 1. The van der Waals surface area contributed by atoms with E-state index < -0.39 is 6.03 Å². The molecule has 1 aromatic heterocycles. The van der Waals surface area contributed by atoms with Crippen LogP contribution in [0.2, 0.25) is 0 Å². The van der Waals surface area contributed by atoms with Gasteiger partial charge in [0.2, 0.25) is 0 Å². The largest absolute Gasteiger partial charge is 0.351 e. The lowest BCUT2D eigenvalue weighted by Gasteiger charge is -1.98. The Morgan fingerprint density at radius 3 is 2.85 bits per heavy atom. The summed E-state index contributed by atoms with van der Waals surface area (Å²) >= 11 is 3.35. The zero-order chi connectivity index (χ0) is 9.42. The Labute approximate surface area is 83.3 Å². The average molecular weight is 239 g/mol. The minimum absolute atomic E-state index is 0.461. The van der Waals surface area contributed by atoms with Gasteiger partial charge >= 0.3 is 6.03 Å². The van der Waals surface area contributed by atoms with Crippen LogP contribution >= 0.6 is 15.9 Å². The molecule has 0 unspecified atom stereocenters. The maximum absolute atomic E-state index is 10.9. The van der Waals surface area contributed by atoms with Crippen LogP contribution in [-0.2, 0) is 0 Å². The molecular formula is C9H7BrN2O. The first-order chi connectivity index (χ1) is 6.18. The highest BCUT2D eigenvalue weighted by Gasteiger charge is 2.04. The fourth-order valence-corrected chi connectivity index (χ4v) is 1.68. The summed E-state index contributed by atoms with van der Waals surface area (Å²) < 4.78 is 2.41. The first-order valence-corrected chi connectivity index (χ1v) is 4.54. The third-order valence-corrected chi connectivity index (χ3v) is 2.38. The van der Waals surface area contributed by atoms with Crippen molar-refractivity contribution in [3.63, 3.8) is 0 Å². The normalized spacial score (nSPS) is 10.5. The highest BCUT2D eigenvalue weighted by atomic mass is 79.9. The third-order valence-electron chi connectivity index (χ3n) is 1.89. The molecule has 13 heavy (non-hydrogen) atoms. The first kappa shape index (κ1) is 8.31. The zero-order valence-electron chi connectivity index (χ0n) is 6.70. The van der Waals surface area contributed by atoms with Crippen molar-refractivity contribution in [2.45, 2.75) is 0 Å². The van der Waals surface area contributed by atoms with Crippen LogP contribution in [0, 0.1) is 0 Å². The summed E-state index contributed by atoms with van der Waals surface area (Å²) in [4.78, 5) is 10.9. The number of carbonyl (C=O) groups excluding carboxylic acids is 1. The second-order valence-corrected chi connectivity index (χ2v) is 3.64. The number of halogens is 1. The molecule has 1 amide bonds. The monoisotopic (exact) mass is 238 g/mol. The average Bonchev–Trinajstić information content (AvgIpc) is 2.46. The molecule has 0 bridgehead atoms. The molecule has 1 heterocycles. The number of amides is 1. The molecule has 0 aliphatic rings. The van der Waals surface area contributed by atoms with Crippen molar-refractivity contribution in [2.24, 2.45) is 5.73 Å². The van der Waals surface area contributed by atoms with E-state index in [1.807, 2.05) is 24.3 Å². The predicted molar refractivity (Wildman–Crippen MR) is 54.6 cm³/mol. The number of carbonyl (C=O) groups is 1. The van der Waals surface area contributed by atoms with Crippen LogP contribution in [0.15, 0.2) is 34.9 Å². The number of nitrogens with zero attached hydrogens (tertiary/aromatic N) is 1. The van der Waals surface area contributed by atoms with E-state index in [4.69, 9.17) is 5.73 Å². The van der Waals surface area contributed by atoms with Gasteiger partial charge in [0.05, 0.1) is 5.52 Å². The molecule has 4 heteroatoms. The van der Waals surface area contributed by atoms with Crippen LogP contribution in [0.25, 0.3) is 10.9 Å². The highest BCUT2D eigenvalue weighted by Crippen LogP contribution is 2.20. The van der Waals surface area contributed by atoms with Crippen molar-refractivity contribution in [3.8, 4) is 0 Å². The standard InChI is InChI=1S/C9H7BrN2O/c10-7-1-2-8-6(5-7)3-4-12(8)9(11)13/h1-5H,(H2,11,13). The molecule has 0 aliphatic carbocycles. The fourth-order valence-electron chi connectivity index (χ4n) is 1.31. The van der Waals surface area contributed by atoms with Crippen LogP contribution in [0.4, 0.5) is 4.79 Å². The van der Waals surface area contributed by atoms with Crippen LogP contribution in [0.1, 0.15) is 0 Å². The van der Waals surface area contributed by atoms with E-state index in [0.29, 0.717) is 0 Å². The van der Waals surface area contributed by atoms with Gasteiger partial charge < -0.3 is 5.73 Å². The maximum atomic E-state index is 10.9. The number of primary amides is 1. The van der Waals surface area contributed by atoms with E-state index in [0.717, 1.165) is 15.4 Å². The first-order valence-electron chi connectivity index (χ1n) is 3.75. The van der Waals surface area contributed by atoms with E-state index in [1.165, 1.54) is 4.57 Å². The summed E-state index contributed by atoms with van der Waals surface area (Å²) in [6.07, 6.45) is 1.67. The van der Waals surface area contributed by atoms with Gasteiger partial charge in [-0.2, -0.15) is 0 Å². The van der Waals surface area contributed by atoms with Gasteiger partial charge in [-0.1, -0.05) is 15.9 Å². The van der Waals surface area contributed by atoms with Gasteiger partial charge in [0, 0.05) is 16.1 Å². The molecule has 0 aliphatic heterocycles. The Morgan fingerprint density at radius 1 is 1.38 bits per heavy atom. The zero-order valence-corrected chi connectivity index (χ0v) is 8.28. The quantitative estimate of drug-likeness (QED) is 0.753. The molecule has 1 aromatic carbocycles. The van der Waals surface area contributed by atoms with Gasteiger partial charge in [-0.05, 0) is 24.3 Å². The van der Waals surface area contributed by atoms with Crippen LogP contribution in [-0.4, -0.2) is 10.6 Å². The highest BCUT2D eigenvalue weighted by molar-refractivity contribution is 9.10. The number of hydrogen-bond acceptors (Lipinski definition) is 1. The Balaban J connectivity index is 2.76. The minimum Gasteiger partial charge on any atom is -0.351 e. The van der Waals surface area contributed by atoms with Gasteiger partial charge in [0.15, 0.2) is 0 Å². The van der Waals surface area contributed by atoms with Crippen molar-refractivity contribution >= 4 is 32.9 Å². The molecule has 0 fully saturated rings. The lowest BCUT2D eigenvalue weighted by atomic mass is 10.2. The van der Waals surface area contributed by atoms with Gasteiger partial charge in [0.1, 0.15) is 0 Å². The summed E-state index contributed by atoms with van der Waals surface area (Å²) in [5.74, 6) is 0. The molecule has 0 saturated carbocycles. The fraction of sp³-hybridized carbons (Fsp3) is 0. The van der Waals surface area contributed by atoms with Crippen LogP contribution in [0.5, 0.6) is 0 Å². The number of fused-ring (bicyclic) bond motifs is 1. The predicted octanol–water partition coefficient (Wildman–Crippen LogP) is 2.33. The molecule has 2 aromatic rings. The summed E-state index contributed by atoms with van der Waals surface area (Å²) in [6.45, 7) is 0. The second kappa shape index (κ2) is 2.88. The van der Waals surface area contributed by atoms with E-state index in [2.05, 4.69) is 15.9 Å². The van der Waals surface area contributed by atoms with E-state index in [1.54, 1.807) is 6.20 Å². The van der Waals surface area contributed by atoms with Crippen molar-refractivity contribution in [1.29, 1.82) is 0 Å². The summed E-state index contributed by atoms with van der Waals surface area (Å²) in [5.41, 5.74) is 6.00. The van der Waals surface area contributed by atoms with Gasteiger partial charge in [-0.25, -0.2) is 4.79 Å². The molecule has 0 radical (unpaired) electrons. The van der Waals surface area contributed by atoms with Crippen molar-refractivity contribution in [3.05, 3.63) is 34.9 Å². The Kier molecular flexibility index (Phi) is 1.84. The van der Waals surface area contributed by atoms with Gasteiger partial charge in [-0.3, -0.25) is 4.57 Å².